The standard InChI is InChI=1S/C14H26/c1-12-7-5-3-4-6-8-13(12)11-14(2)9-10-14/h12-13H,3-11H2,1-2H3. The Hall–Kier alpha value is 0. The molecule has 0 aromatic carbocycles. The minimum Gasteiger partial charge on any atom is -0.0622 e. The Morgan fingerprint density at radius 3 is 2.29 bits per heavy atom. The fourth-order valence-corrected chi connectivity index (χ4v) is 3.10. The second kappa shape index (κ2) is 4.24. The van der Waals surface area contributed by atoms with Crippen molar-refractivity contribution in [3.8, 4) is 0 Å². The Kier molecular flexibility index (Phi) is 3.19. The van der Waals surface area contributed by atoms with Gasteiger partial charge in [-0.2, -0.15) is 0 Å². The first-order valence-electron chi connectivity index (χ1n) is 6.70. The summed E-state index contributed by atoms with van der Waals surface area (Å²) in [4.78, 5) is 0. The summed E-state index contributed by atoms with van der Waals surface area (Å²) in [6.07, 6.45) is 13.6. The summed E-state index contributed by atoms with van der Waals surface area (Å²) in [5.41, 5.74) is 0.776. The summed E-state index contributed by atoms with van der Waals surface area (Å²) in [6, 6.07) is 0. The summed E-state index contributed by atoms with van der Waals surface area (Å²) >= 11 is 0. The van der Waals surface area contributed by atoms with Crippen LogP contribution in [0, 0.1) is 17.3 Å². The molecule has 0 aliphatic heterocycles. The van der Waals surface area contributed by atoms with Gasteiger partial charge in [0.15, 0.2) is 0 Å². The molecule has 2 unspecified atom stereocenters. The van der Waals surface area contributed by atoms with Crippen LogP contribution in [0.15, 0.2) is 0 Å². The molecule has 0 bridgehead atoms. The van der Waals surface area contributed by atoms with E-state index in [1.54, 1.807) is 0 Å². The van der Waals surface area contributed by atoms with Crippen LogP contribution in [0.1, 0.15) is 71.6 Å². The molecule has 0 radical (unpaired) electrons. The predicted molar refractivity (Wildman–Crippen MR) is 62.3 cm³/mol. The molecule has 0 N–H and O–H groups in total. The van der Waals surface area contributed by atoms with Gasteiger partial charge in [0.2, 0.25) is 0 Å². The minimum atomic E-state index is 0.776. The third-order valence-electron chi connectivity index (χ3n) is 4.65. The first-order chi connectivity index (χ1) is 6.70. The van der Waals surface area contributed by atoms with Crippen molar-refractivity contribution in [3.05, 3.63) is 0 Å². The molecule has 0 heteroatoms. The lowest BCUT2D eigenvalue weighted by Crippen LogP contribution is -2.17. The van der Waals surface area contributed by atoms with Gasteiger partial charge in [0, 0.05) is 0 Å². The molecule has 2 saturated carbocycles. The summed E-state index contributed by atoms with van der Waals surface area (Å²) in [7, 11) is 0. The number of hydrogen-bond acceptors (Lipinski definition) is 0. The van der Waals surface area contributed by atoms with Gasteiger partial charge in [-0.1, -0.05) is 52.4 Å². The van der Waals surface area contributed by atoms with E-state index in [1.807, 2.05) is 0 Å². The van der Waals surface area contributed by atoms with Crippen LogP contribution in [-0.2, 0) is 0 Å². The molecule has 0 amide bonds. The van der Waals surface area contributed by atoms with Crippen molar-refractivity contribution in [1.29, 1.82) is 0 Å². The van der Waals surface area contributed by atoms with E-state index in [0.29, 0.717) is 0 Å². The van der Waals surface area contributed by atoms with E-state index in [-0.39, 0.29) is 0 Å². The molecule has 0 aromatic heterocycles. The molecule has 2 rings (SSSR count). The topological polar surface area (TPSA) is 0 Å². The lowest BCUT2D eigenvalue weighted by atomic mass is 9.77. The summed E-state index contributed by atoms with van der Waals surface area (Å²) in [6.45, 7) is 5.00. The molecule has 2 aliphatic carbocycles. The Morgan fingerprint density at radius 2 is 1.64 bits per heavy atom. The van der Waals surface area contributed by atoms with Crippen molar-refractivity contribution in [2.75, 3.05) is 0 Å². The lowest BCUT2D eigenvalue weighted by Gasteiger charge is -2.28. The van der Waals surface area contributed by atoms with Gasteiger partial charge in [0.05, 0.1) is 0 Å². The van der Waals surface area contributed by atoms with Crippen LogP contribution >= 0.6 is 0 Å². The van der Waals surface area contributed by atoms with Crippen LogP contribution in [-0.4, -0.2) is 0 Å². The average molecular weight is 194 g/mol. The van der Waals surface area contributed by atoms with Crippen LogP contribution in [0.25, 0.3) is 0 Å². The van der Waals surface area contributed by atoms with Gasteiger partial charge in [0.25, 0.3) is 0 Å². The van der Waals surface area contributed by atoms with Crippen LogP contribution < -0.4 is 0 Å². The maximum atomic E-state index is 2.50. The van der Waals surface area contributed by atoms with Gasteiger partial charge < -0.3 is 0 Å². The van der Waals surface area contributed by atoms with Crippen molar-refractivity contribution in [3.63, 3.8) is 0 Å². The van der Waals surface area contributed by atoms with Crippen LogP contribution in [0.4, 0.5) is 0 Å². The Balaban J connectivity index is 1.85. The van der Waals surface area contributed by atoms with Crippen molar-refractivity contribution >= 4 is 0 Å². The van der Waals surface area contributed by atoms with Gasteiger partial charge in [-0.15, -0.1) is 0 Å². The quantitative estimate of drug-likeness (QED) is 0.593. The van der Waals surface area contributed by atoms with Crippen molar-refractivity contribution in [2.45, 2.75) is 71.6 Å². The third-order valence-corrected chi connectivity index (χ3v) is 4.65. The van der Waals surface area contributed by atoms with Gasteiger partial charge >= 0.3 is 0 Å². The van der Waals surface area contributed by atoms with Gasteiger partial charge in [-0.25, -0.2) is 0 Å². The van der Waals surface area contributed by atoms with Crippen LogP contribution in [0.2, 0.25) is 0 Å². The Bertz CT molecular complexity index is 178. The zero-order valence-corrected chi connectivity index (χ0v) is 10.0. The maximum Gasteiger partial charge on any atom is -0.0323 e. The summed E-state index contributed by atoms with van der Waals surface area (Å²) in [5.74, 6) is 2.07. The molecule has 82 valence electrons. The molecule has 0 aromatic rings. The van der Waals surface area contributed by atoms with E-state index in [2.05, 4.69) is 13.8 Å². The van der Waals surface area contributed by atoms with Gasteiger partial charge in [0.1, 0.15) is 0 Å². The highest BCUT2D eigenvalue weighted by Gasteiger charge is 2.39. The largest absolute Gasteiger partial charge is 0.0622 e. The normalized spacial score (nSPS) is 37.3. The zero-order valence-electron chi connectivity index (χ0n) is 10.0. The first kappa shape index (κ1) is 10.5. The van der Waals surface area contributed by atoms with Crippen molar-refractivity contribution in [2.24, 2.45) is 17.3 Å². The van der Waals surface area contributed by atoms with Gasteiger partial charge in [-0.3, -0.25) is 0 Å². The third kappa shape index (κ3) is 2.74. The fourth-order valence-electron chi connectivity index (χ4n) is 3.10. The molecule has 0 heterocycles. The SMILES string of the molecule is CC1CCCCCCC1CC1(C)CC1. The minimum absolute atomic E-state index is 0.776. The Morgan fingerprint density at radius 1 is 1.00 bits per heavy atom. The second-order valence-electron chi connectivity index (χ2n) is 6.24. The molecular weight excluding hydrogens is 168 g/mol. The highest BCUT2D eigenvalue weighted by molar-refractivity contribution is 4.91. The Labute approximate surface area is 89.5 Å². The predicted octanol–water partition coefficient (Wildman–Crippen LogP) is 4.78. The lowest BCUT2D eigenvalue weighted by molar-refractivity contribution is 0.228. The number of rotatable bonds is 2. The number of hydrogen-bond donors (Lipinski definition) is 0. The molecule has 2 aliphatic rings. The molecule has 2 atom stereocenters. The monoisotopic (exact) mass is 194 g/mol. The first-order valence-corrected chi connectivity index (χ1v) is 6.70. The fraction of sp³-hybridized carbons (Fsp3) is 1.00. The zero-order chi connectivity index (χ0) is 10.0. The molecule has 0 nitrogen and oxygen atoms in total. The van der Waals surface area contributed by atoms with E-state index >= 15 is 0 Å². The van der Waals surface area contributed by atoms with E-state index < -0.39 is 0 Å². The van der Waals surface area contributed by atoms with Gasteiger partial charge in [-0.05, 0) is 36.5 Å². The second-order valence-corrected chi connectivity index (χ2v) is 6.24. The van der Waals surface area contributed by atoms with E-state index in [4.69, 9.17) is 0 Å². The average Bonchev–Trinajstić information content (AvgIpc) is 2.84. The van der Waals surface area contributed by atoms with E-state index in [1.165, 1.54) is 57.8 Å². The van der Waals surface area contributed by atoms with Crippen molar-refractivity contribution in [1.82, 2.24) is 0 Å². The van der Waals surface area contributed by atoms with E-state index in [0.717, 1.165) is 17.3 Å². The molecule has 0 spiro atoms. The van der Waals surface area contributed by atoms with Crippen LogP contribution in [0.5, 0.6) is 0 Å². The molecular formula is C14H26. The summed E-state index contributed by atoms with van der Waals surface area (Å²) < 4.78 is 0. The van der Waals surface area contributed by atoms with Crippen molar-refractivity contribution < 1.29 is 0 Å². The maximum absolute atomic E-state index is 2.50. The highest BCUT2D eigenvalue weighted by atomic mass is 14.4. The van der Waals surface area contributed by atoms with E-state index in [9.17, 15) is 0 Å². The van der Waals surface area contributed by atoms with Crippen LogP contribution in [0.3, 0.4) is 0 Å². The molecule has 0 saturated heterocycles. The smallest absolute Gasteiger partial charge is 0.0323 e. The molecule has 14 heavy (non-hydrogen) atoms. The molecule has 2 fully saturated rings. The highest BCUT2D eigenvalue weighted by Crippen LogP contribution is 2.52. The summed E-state index contributed by atoms with van der Waals surface area (Å²) in [5, 5.41) is 0.